The SMILES string of the molecule is CC.CCOCC=O.CNCCCCCOCCCCCNC(=O)C(C)C. The summed E-state index contributed by atoms with van der Waals surface area (Å²) in [5.74, 6) is 0.240. The van der Waals surface area contributed by atoms with Crippen LogP contribution in [0.25, 0.3) is 0 Å². The summed E-state index contributed by atoms with van der Waals surface area (Å²) in [4.78, 5) is 20.7. The second-order valence-electron chi connectivity index (χ2n) is 6.11. The minimum absolute atomic E-state index is 0.0891. The lowest BCUT2D eigenvalue weighted by molar-refractivity contribution is -0.124. The molecule has 27 heavy (non-hydrogen) atoms. The molecule has 0 aliphatic heterocycles. The Hall–Kier alpha value is -0.980. The summed E-state index contributed by atoms with van der Waals surface area (Å²) in [5, 5.41) is 6.07. The molecule has 2 N–H and O–H groups in total. The molecule has 0 rings (SSSR count). The van der Waals surface area contributed by atoms with E-state index in [4.69, 9.17) is 4.74 Å². The standard InChI is InChI=1S/C15H32N2O2.C4H8O2.C2H6/c1-14(2)15(18)17-11-7-5-9-13-19-12-8-4-6-10-16-3;1-2-6-4-3-5;1-2/h14,16H,4-13H2,1-3H3,(H,17,18);3H,2,4H2,1H3;1-2H3. The predicted molar refractivity (Wildman–Crippen MR) is 114 cm³/mol. The van der Waals surface area contributed by atoms with Crippen molar-refractivity contribution in [1.29, 1.82) is 0 Å². The fraction of sp³-hybridized carbons (Fsp3) is 0.905. The molecule has 0 unspecified atom stereocenters. The Morgan fingerprint density at radius 3 is 1.89 bits per heavy atom. The topological polar surface area (TPSA) is 76.7 Å². The number of hydrogen-bond donors (Lipinski definition) is 2. The third-order valence-electron chi connectivity index (χ3n) is 3.39. The van der Waals surface area contributed by atoms with E-state index in [1.54, 1.807) is 0 Å². The number of ether oxygens (including phenoxy) is 2. The summed E-state index contributed by atoms with van der Waals surface area (Å²) in [6, 6.07) is 0. The maximum atomic E-state index is 11.3. The highest BCUT2D eigenvalue weighted by Crippen LogP contribution is 1.99. The molecule has 0 atom stereocenters. The van der Waals surface area contributed by atoms with E-state index in [2.05, 4.69) is 15.4 Å². The zero-order valence-corrected chi connectivity index (χ0v) is 18.8. The number of carbonyl (C=O) groups is 2. The Bertz CT molecular complexity index is 287. The van der Waals surface area contributed by atoms with E-state index in [1.807, 2.05) is 41.7 Å². The average Bonchev–Trinajstić information content (AvgIpc) is 2.69. The smallest absolute Gasteiger partial charge is 0.222 e. The van der Waals surface area contributed by atoms with Gasteiger partial charge in [0.2, 0.25) is 5.91 Å². The van der Waals surface area contributed by atoms with Crippen molar-refractivity contribution in [2.45, 2.75) is 73.1 Å². The molecule has 0 radical (unpaired) electrons. The third-order valence-corrected chi connectivity index (χ3v) is 3.39. The second-order valence-corrected chi connectivity index (χ2v) is 6.11. The van der Waals surface area contributed by atoms with E-state index in [0.717, 1.165) is 58.3 Å². The molecule has 0 aliphatic rings. The van der Waals surface area contributed by atoms with Crippen molar-refractivity contribution in [3.63, 3.8) is 0 Å². The first-order valence-corrected chi connectivity index (χ1v) is 10.6. The summed E-state index contributed by atoms with van der Waals surface area (Å²) in [7, 11) is 1.99. The maximum Gasteiger partial charge on any atom is 0.222 e. The van der Waals surface area contributed by atoms with Crippen LogP contribution in [0.15, 0.2) is 0 Å². The highest BCUT2D eigenvalue weighted by Gasteiger charge is 2.04. The summed E-state index contributed by atoms with van der Waals surface area (Å²) in [6.07, 6.45) is 7.63. The van der Waals surface area contributed by atoms with Gasteiger partial charge in [-0.25, -0.2) is 0 Å². The van der Waals surface area contributed by atoms with Crippen molar-refractivity contribution in [2.75, 3.05) is 46.6 Å². The van der Waals surface area contributed by atoms with Gasteiger partial charge in [-0.05, 0) is 59.0 Å². The molecule has 164 valence electrons. The number of hydrogen-bond acceptors (Lipinski definition) is 5. The van der Waals surface area contributed by atoms with Crippen molar-refractivity contribution in [2.24, 2.45) is 5.92 Å². The minimum Gasteiger partial charge on any atom is -0.381 e. The van der Waals surface area contributed by atoms with E-state index < -0.39 is 0 Å². The average molecular weight is 391 g/mol. The Morgan fingerprint density at radius 2 is 1.48 bits per heavy atom. The molecule has 0 bridgehead atoms. The monoisotopic (exact) mass is 390 g/mol. The van der Waals surface area contributed by atoms with Crippen LogP contribution >= 0.6 is 0 Å². The van der Waals surface area contributed by atoms with Gasteiger partial charge < -0.3 is 24.9 Å². The van der Waals surface area contributed by atoms with Crippen LogP contribution in [0.4, 0.5) is 0 Å². The van der Waals surface area contributed by atoms with Crippen molar-refractivity contribution in [3.8, 4) is 0 Å². The molecule has 0 aromatic carbocycles. The Balaban J connectivity index is -0.000000607. The summed E-state index contributed by atoms with van der Waals surface area (Å²) >= 11 is 0. The van der Waals surface area contributed by atoms with Crippen LogP contribution in [0.2, 0.25) is 0 Å². The summed E-state index contributed by atoms with van der Waals surface area (Å²) in [6.45, 7) is 14.2. The normalized spacial score (nSPS) is 9.74. The zero-order valence-electron chi connectivity index (χ0n) is 18.8. The molecule has 0 heterocycles. The van der Waals surface area contributed by atoms with Crippen LogP contribution in [-0.2, 0) is 19.1 Å². The molecular formula is C21H46N2O4. The van der Waals surface area contributed by atoms with E-state index >= 15 is 0 Å². The van der Waals surface area contributed by atoms with Gasteiger partial charge in [-0.15, -0.1) is 0 Å². The predicted octanol–water partition coefficient (Wildman–Crippen LogP) is 3.58. The lowest BCUT2D eigenvalue weighted by atomic mass is 10.2. The van der Waals surface area contributed by atoms with E-state index in [9.17, 15) is 9.59 Å². The minimum atomic E-state index is 0.0891. The molecule has 0 fully saturated rings. The van der Waals surface area contributed by atoms with Crippen molar-refractivity contribution >= 4 is 12.2 Å². The molecule has 0 saturated carbocycles. The molecular weight excluding hydrogens is 344 g/mol. The zero-order chi connectivity index (χ0) is 21.2. The highest BCUT2D eigenvalue weighted by atomic mass is 16.5. The third kappa shape index (κ3) is 33.1. The number of unbranched alkanes of at least 4 members (excludes halogenated alkanes) is 4. The first-order chi connectivity index (χ1) is 13.1. The Labute approximate surface area is 168 Å². The van der Waals surface area contributed by atoms with Crippen LogP contribution in [0.3, 0.4) is 0 Å². The number of amides is 1. The van der Waals surface area contributed by atoms with Gasteiger partial charge in [-0.3, -0.25) is 4.79 Å². The lowest BCUT2D eigenvalue weighted by Gasteiger charge is -2.07. The Kier molecular flexibility index (Phi) is 33.9. The van der Waals surface area contributed by atoms with Crippen LogP contribution in [-0.4, -0.2) is 58.8 Å². The number of aldehydes is 1. The quantitative estimate of drug-likeness (QED) is 0.311. The van der Waals surface area contributed by atoms with Crippen LogP contribution in [0.1, 0.15) is 73.1 Å². The first kappa shape index (κ1) is 30.7. The molecule has 0 aromatic rings. The van der Waals surface area contributed by atoms with Gasteiger partial charge in [-0.1, -0.05) is 27.7 Å². The van der Waals surface area contributed by atoms with Crippen LogP contribution in [0, 0.1) is 5.92 Å². The van der Waals surface area contributed by atoms with Crippen molar-refractivity contribution < 1.29 is 19.1 Å². The summed E-state index contributed by atoms with van der Waals surface area (Å²) in [5.41, 5.74) is 0. The largest absolute Gasteiger partial charge is 0.381 e. The van der Waals surface area contributed by atoms with Gasteiger partial charge in [0.25, 0.3) is 0 Å². The van der Waals surface area contributed by atoms with E-state index in [-0.39, 0.29) is 18.4 Å². The van der Waals surface area contributed by atoms with Crippen LogP contribution in [0.5, 0.6) is 0 Å². The van der Waals surface area contributed by atoms with Crippen molar-refractivity contribution in [1.82, 2.24) is 10.6 Å². The number of nitrogens with one attached hydrogen (secondary N) is 2. The van der Waals surface area contributed by atoms with E-state index in [0.29, 0.717) is 6.61 Å². The Morgan fingerprint density at radius 1 is 0.926 bits per heavy atom. The molecule has 0 aliphatic carbocycles. The number of carbonyl (C=O) groups excluding carboxylic acids is 2. The maximum absolute atomic E-state index is 11.3. The molecule has 0 aromatic heterocycles. The number of rotatable bonds is 16. The van der Waals surface area contributed by atoms with Gasteiger partial charge in [-0.2, -0.15) is 0 Å². The van der Waals surface area contributed by atoms with Gasteiger partial charge in [0.15, 0.2) is 0 Å². The molecule has 1 amide bonds. The second kappa shape index (κ2) is 29.8. The molecule has 0 spiro atoms. The van der Waals surface area contributed by atoms with Gasteiger partial charge in [0, 0.05) is 32.3 Å². The fourth-order valence-corrected chi connectivity index (χ4v) is 1.87. The van der Waals surface area contributed by atoms with Crippen molar-refractivity contribution in [3.05, 3.63) is 0 Å². The van der Waals surface area contributed by atoms with Gasteiger partial charge in [0.1, 0.15) is 12.9 Å². The molecule has 6 nitrogen and oxygen atoms in total. The fourth-order valence-electron chi connectivity index (χ4n) is 1.87. The van der Waals surface area contributed by atoms with Crippen LogP contribution < -0.4 is 10.6 Å². The van der Waals surface area contributed by atoms with E-state index in [1.165, 1.54) is 12.8 Å². The van der Waals surface area contributed by atoms with Gasteiger partial charge in [0.05, 0.1) is 0 Å². The lowest BCUT2D eigenvalue weighted by Crippen LogP contribution is -2.28. The van der Waals surface area contributed by atoms with Gasteiger partial charge >= 0.3 is 0 Å². The molecule has 0 saturated heterocycles. The molecule has 6 heteroatoms. The highest BCUT2D eigenvalue weighted by molar-refractivity contribution is 5.77. The summed E-state index contributed by atoms with van der Waals surface area (Å²) < 4.78 is 10.2. The first-order valence-electron chi connectivity index (χ1n) is 10.6.